The van der Waals surface area contributed by atoms with Crippen LogP contribution in [-0.2, 0) is 11.8 Å². The topological polar surface area (TPSA) is 0 Å². The fraction of sp³-hybridized carbons (Fsp3) is 0.152. The van der Waals surface area contributed by atoms with E-state index >= 15 is 0 Å². The summed E-state index contributed by atoms with van der Waals surface area (Å²) in [7, 11) is 0. The Labute approximate surface area is 214 Å². The van der Waals surface area contributed by atoms with Crippen LogP contribution in [0.5, 0.6) is 0 Å². The fourth-order valence-corrected chi connectivity index (χ4v) is 6.96. The molecule has 1 heteroatoms. The number of hydrogen-bond donors (Lipinski definition) is 0. The van der Waals surface area contributed by atoms with Crippen LogP contribution in [0.1, 0.15) is 47.6 Å². The van der Waals surface area contributed by atoms with E-state index in [1.165, 1.54) is 64.1 Å². The van der Waals surface area contributed by atoms with E-state index in [2.05, 4.69) is 134 Å². The summed E-state index contributed by atoms with van der Waals surface area (Å²) in [6.07, 6.45) is 5.78. The van der Waals surface area contributed by atoms with Gasteiger partial charge in [0.1, 0.15) is 0 Å². The monoisotopic (exact) mass is 548 g/mol. The molecule has 0 aliphatic heterocycles. The van der Waals surface area contributed by atoms with Crippen LogP contribution >= 0.6 is 22.6 Å². The van der Waals surface area contributed by atoms with Crippen molar-refractivity contribution < 1.29 is 0 Å². The highest BCUT2D eigenvalue weighted by Gasteiger charge is 2.38. The molecule has 0 saturated carbocycles. The van der Waals surface area contributed by atoms with Crippen molar-refractivity contribution in [3.05, 3.63) is 122 Å². The van der Waals surface area contributed by atoms with E-state index < -0.39 is 0 Å². The standard InChI is InChI=1S/C33H25I/c1-33(2)30-19-22(21-12-11-20-13-15-24(34)18-23(20)17-21)14-16-29(30)31-27-9-5-3-7-25(27)26-8-4-6-10-28(26)32(31)33/h3-16,18-19,21H,17H2,1-2H3. The smallest absolute Gasteiger partial charge is 0.0165 e. The van der Waals surface area contributed by atoms with Crippen molar-refractivity contribution in [3.8, 4) is 11.1 Å². The first-order valence-electron chi connectivity index (χ1n) is 12.1. The molecule has 5 aromatic rings. The SMILES string of the molecule is CC1(C)c2cc(C3C=Cc4ccc(I)cc4C3)ccc2-c2c1c1ccccc1c1ccccc21. The van der Waals surface area contributed by atoms with E-state index in [0.717, 1.165) is 6.42 Å². The number of hydrogen-bond acceptors (Lipinski definition) is 0. The Morgan fingerprint density at radius 2 is 1.47 bits per heavy atom. The first-order valence-corrected chi connectivity index (χ1v) is 13.2. The van der Waals surface area contributed by atoms with E-state index in [0.29, 0.717) is 5.92 Å². The predicted octanol–water partition coefficient (Wildman–Crippen LogP) is 9.26. The molecule has 7 rings (SSSR count). The van der Waals surface area contributed by atoms with Crippen LogP contribution in [-0.4, -0.2) is 0 Å². The Morgan fingerprint density at radius 3 is 2.26 bits per heavy atom. The van der Waals surface area contributed by atoms with Crippen LogP contribution in [0.3, 0.4) is 0 Å². The second-order valence-corrected chi connectivity index (χ2v) is 11.5. The Morgan fingerprint density at radius 1 is 0.765 bits per heavy atom. The van der Waals surface area contributed by atoms with E-state index in [9.17, 15) is 0 Å². The molecule has 1 unspecified atom stereocenters. The molecule has 0 nitrogen and oxygen atoms in total. The zero-order chi connectivity index (χ0) is 23.0. The molecule has 0 N–H and O–H groups in total. The first kappa shape index (κ1) is 20.5. The third-order valence-corrected chi connectivity index (χ3v) is 8.70. The van der Waals surface area contributed by atoms with Crippen LogP contribution in [0.4, 0.5) is 0 Å². The molecule has 0 aromatic heterocycles. The summed E-state index contributed by atoms with van der Waals surface area (Å²) in [4.78, 5) is 0. The van der Waals surface area contributed by atoms with Gasteiger partial charge < -0.3 is 0 Å². The molecule has 0 fully saturated rings. The molecule has 2 aliphatic rings. The van der Waals surface area contributed by atoms with Crippen molar-refractivity contribution in [2.24, 2.45) is 0 Å². The number of allylic oxidation sites excluding steroid dienone is 1. The van der Waals surface area contributed by atoms with Gasteiger partial charge in [-0.05, 0) is 102 Å². The second kappa shape index (κ2) is 7.29. The summed E-state index contributed by atoms with van der Waals surface area (Å²) >= 11 is 2.43. The molecule has 1 atom stereocenters. The van der Waals surface area contributed by atoms with Crippen LogP contribution in [0.2, 0.25) is 0 Å². The molecule has 0 radical (unpaired) electrons. The van der Waals surface area contributed by atoms with Crippen molar-refractivity contribution in [2.75, 3.05) is 0 Å². The number of fused-ring (bicyclic) bond motifs is 9. The van der Waals surface area contributed by atoms with Gasteiger partial charge in [-0.2, -0.15) is 0 Å². The van der Waals surface area contributed by atoms with Gasteiger partial charge in [0, 0.05) is 14.9 Å². The maximum absolute atomic E-state index is 2.51. The summed E-state index contributed by atoms with van der Waals surface area (Å²) in [6, 6.07) is 32.0. The largest absolute Gasteiger partial charge is 0.0761 e. The predicted molar refractivity (Wildman–Crippen MR) is 154 cm³/mol. The first-order chi connectivity index (χ1) is 16.5. The van der Waals surface area contributed by atoms with Crippen LogP contribution in [0.25, 0.3) is 38.7 Å². The second-order valence-electron chi connectivity index (χ2n) is 10.3. The lowest BCUT2D eigenvalue weighted by Gasteiger charge is -2.25. The highest BCUT2D eigenvalue weighted by Crippen LogP contribution is 2.55. The molecule has 0 spiro atoms. The number of rotatable bonds is 1. The average Bonchev–Trinajstić information content (AvgIpc) is 3.10. The zero-order valence-electron chi connectivity index (χ0n) is 19.4. The Balaban J connectivity index is 1.44. The molecule has 0 saturated heterocycles. The number of benzene rings is 5. The van der Waals surface area contributed by atoms with Crippen molar-refractivity contribution in [1.82, 2.24) is 0 Å². The summed E-state index contributed by atoms with van der Waals surface area (Å²) < 4.78 is 1.31. The highest BCUT2D eigenvalue weighted by molar-refractivity contribution is 14.1. The van der Waals surface area contributed by atoms with E-state index in [1.807, 2.05) is 0 Å². The van der Waals surface area contributed by atoms with Crippen molar-refractivity contribution in [1.29, 1.82) is 0 Å². The van der Waals surface area contributed by atoms with Gasteiger partial charge in [-0.25, -0.2) is 0 Å². The van der Waals surface area contributed by atoms with Crippen molar-refractivity contribution >= 4 is 50.2 Å². The van der Waals surface area contributed by atoms with Gasteiger partial charge in [0.2, 0.25) is 0 Å². The van der Waals surface area contributed by atoms with Gasteiger partial charge in [-0.15, -0.1) is 0 Å². The Bertz CT molecular complexity index is 1670. The third kappa shape index (κ3) is 2.83. The van der Waals surface area contributed by atoms with Crippen LogP contribution in [0.15, 0.2) is 91.0 Å². The van der Waals surface area contributed by atoms with Gasteiger partial charge in [0.15, 0.2) is 0 Å². The van der Waals surface area contributed by atoms with E-state index in [4.69, 9.17) is 0 Å². The Kier molecular flexibility index (Phi) is 4.39. The van der Waals surface area contributed by atoms with Crippen LogP contribution < -0.4 is 0 Å². The third-order valence-electron chi connectivity index (χ3n) is 8.03. The summed E-state index contributed by atoms with van der Waals surface area (Å²) in [5.41, 5.74) is 9.98. The normalized spacial score (nSPS) is 17.6. The van der Waals surface area contributed by atoms with Crippen molar-refractivity contribution in [2.45, 2.75) is 31.6 Å². The van der Waals surface area contributed by atoms with Crippen LogP contribution in [0, 0.1) is 3.57 Å². The summed E-state index contributed by atoms with van der Waals surface area (Å²) in [5, 5.41) is 5.47. The minimum atomic E-state index is -0.0457. The molecule has 5 aromatic carbocycles. The lowest BCUT2D eigenvalue weighted by atomic mass is 9.78. The molecule has 164 valence electrons. The van der Waals surface area contributed by atoms with Gasteiger partial charge in [0.05, 0.1) is 0 Å². The molecule has 0 heterocycles. The highest BCUT2D eigenvalue weighted by atomic mass is 127. The molecular formula is C33H25I. The quantitative estimate of drug-likeness (QED) is 0.145. The fourth-order valence-electron chi connectivity index (χ4n) is 6.40. The molecule has 0 bridgehead atoms. The number of halogens is 1. The summed E-state index contributed by atoms with van der Waals surface area (Å²) in [5.74, 6) is 0.420. The minimum absolute atomic E-state index is 0.0457. The lowest BCUT2D eigenvalue weighted by Crippen LogP contribution is -2.16. The van der Waals surface area contributed by atoms with E-state index in [1.54, 1.807) is 0 Å². The van der Waals surface area contributed by atoms with E-state index in [-0.39, 0.29) is 5.41 Å². The lowest BCUT2D eigenvalue weighted by molar-refractivity contribution is 0.664. The summed E-state index contributed by atoms with van der Waals surface area (Å²) in [6.45, 7) is 4.83. The maximum atomic E-state index is 2.51. The molecule has 34 heavy (non-hydrogen) atoms. The van der Waals surface area contributed by atoms with Crippen molar-refractivity contribution in [3.63, 3.8) is 0 Å². The zero-order valence-corrected chi connectivity index (χ0v) is 21.6. The maximum Gasteiger partial charge on any atom is 0.0165 e. The minimum Gasteiger partial charge on any atom is -0.0761 e. The van der Waals surface area contributed by atoms with Gasteiger partial charge in [-0.3, -0.25) is 0 Å². The molecule has 0 amide bonds. The van der Waals surface area contributed by atoms with Gasteiger partial charge in [0.25, 0.3) is 0 Å². The molecule has 2 aliphatic carbocycles. The average molecular weight is 548 g/mol. The van der Waals surface area contributed by atoms with Gasteiger partial charge >= 0.3 is 0 Å². The molecular weight excluding hydrogens is 523 g/mol. The van der Waals surface area contributed by atoms with Gasteiger partial charge in [-0.1, -0.05) is 98.8 Å². The Hall–Kier alpha value is -2.91.